The molecule has 2 aromatic heterocycles. The number of hydrogen-bond acceptors (Lipinski definition) is 3. The number of aromatic hydroxyl groups is 1. The van der Waals surface area contributed by atoms with Gasteiger partial charge in [-0.05, 0) is 29.5 Å². The first-order chi connectivity index (χ1) is 6.79. The fourth-order valence-electron chi connectivity index (χ4n) is 1.27. The first-order valence-corrected chi connectivity index (χ1v) is 5.39. The molecule has 0 saturated carbocycles. The quantitative estimate of drug-likeness (QED) is 0.817. The fourth-order valence-corrected chi connectivity index (χ4v) is 2.26. The molecular weight excluding hydrogens is 194 g/mol. The predicted molar refractivity (Wildman–Crippen MR) is 58.6 cm³/mol. The van der Waals surface area contributed by atoms with Crippen molar-refractivity contribution >= 4 is 11.3 Å². The minimum absolute atomic E-state index is 0.217. The van der Waals surface area contributed by atoms with Gasteiger partial charge in [-0.25, -0.2) is 0 Å². The summed E-state index contributed by atoms with van der Waals surface area (Å²) >= 11 is 1.68. The van der Waals surface area contributed by atoms with E-state index in [1.54, 1.807) is 23.6 Å². The summed E-state index contributed by atoms with van der Waals surface area (Å²) < 4.78 is 0. The highest BCUT2D eigenvalue weighted by Crippen LogP contribution is 2.28. The van der Waals surface area contributed by atoms with Crippen molar-refractivity contribution in [1.29, 1.82) is 0 Å². The Bertz CT molecular complexity index is 436. The summed E-state index contributed by atoms with van der Waals surface area (Å²) in [7, 11) is 0. The van der Waals surface area contributed by atoms with Crippen LogP contribution in [0.1, 0.15) is 12.5 Å². The number of pyridine rings is 1. The van der Waals surface area contributed by atoms with Gasteiger partial charge in [0.1, 0.15) is 5.75 Å². The Morgan fingerprint density at radius 3 is 2.86 bits per heavy atom. The molecule has 0 aliphatic rings. The van der Waals surface area contributed by atoms with E-state index in [0.717, 1.165) is 16.9 Å². The molecule has 0 atom stereocenters. The van der Waals surface area contributed by atoms with Crippen molar-refractivity contribution in [2.45, 2.75) is 13.3 Å². The van der Waals surface area contributed by atoms with Crippen LogP contribution in [0.3, 0.4) is 0 Å². The number of aromatic nitrogens is 1. The van der Waals surface area contributed by atoms with Gasteiger partial charge in [-0.2, -0.15) is 0 Å². The second kappa shape index (κ2) is 3.80. The molecule has 0 amide bonds. The van der Waals surface area contributed by atoms with Gasteiger partial charge >= 0.3 is 0 Å². The molecule has 0 aromatic carbocycles. The van der Waals surface area contributed by atoms with E-state index in [1.165, 1.54) is 11.8 Å². The fraction of sp³-hybridized carbons (Fsp3) is 0.182. The molecule has 1 N–H and O–H groups in total. The van der Waals surface area contributed by atoms with Crippen LogP contribution in [0, 0.1) is 0 Å². The zero-order valence-corrected chi connectivity index (χ0v) is 8.71. The van der Waals surface area contributed by atoms with Crippen molar-refractivity contribution in [3.63, 3.8) is 0 Å². The second-order valence-electron chi connectivity index (χ2n) is 3.10. The van der Waals surface area contributed by atoms with Gasteiger partial charge in [0.2, 0.25) is 0 Å². The summed E-state index contributed by atoms with van der Waals surface area (Å²) in [6.45, 7) is 2.13. The predicted octanol–water partition coefficient (Wildman–Crippen LogP) is 3.08. The van der Waals surface area contributed by atoms with Gasteiger partial charge in [0.15, 0.2) is 0 Å². The molecule has 72 valence electrons. The standard InChI is InChI=1S/C11H11NOS/c1-2-8-3-11(14-7-8)9-4-10(13)6-12-5-9/h3-7,13H,2H2,1H3. The lowest BCUT2D eigenvalue weighted by atomic mass is 10.2. The largest absolute Gasteiger partial charge is 0.506 e. The number of aryl methyl sites for hydroxylation is 1. The lowest BCUT2D eigenvalue weighted by molar-refractivity contribution is 0.473. The van der Waals surface area contributed by atoms with Crippen LogP contribution in [0.4, 0.5) is 0 Å². The van der Waals surface area contributed by atoms with Crippen LogP contribution in [-0.4, -0.2) is 10.1 Å². The van der Waals surface area contributed by atoms with Crippen molar-refractivity contribution in [2.75, 3.05) is 0 Å². The van der Waals surface area contributed by atoms with Crippen LogP contribution < -0.4 is 0 Å². The third kappa shape index (κ3) is 1.77. The number of thiophene rings is 1. The first-order valence-electron chi connectivity index (χ1n) is 4.51. The average molecular weight is 205 g/mol. The number of rotatable bonds is 2. The molecule has 0 fully saturated rings. The van der Waals surface area contributed by atoms with Gasteiger partial charge in [0.05, 0.1) is 6.20 Å². The molecule has 0 radical (unpaired) electrons. The summed E-state index contributed by atoms with van der Waals surface area (Å²) in [5.41, 5.74) is 2.31. The Labute approximate surface area is 86.9 Å². The van der Waals surface area contributed by atoms with Crippen molar-refractivity contribution < 1.29 is 5.11 Å². The lowest BCUT2D eigenvalue weighted by Gasteiger charge is -1.96. The second-order valence-corrected chi connectivity index (χ2v) is 4.02. The molecule has 0 aliphatic heterocycles. The highest BCUT2D eigenvalue weighted by atomic mass is 32.1. The van der Waals surface area contributed by atoms with E-state index in [1.807, 2.05) is 0 Å². The van der Waals surface area contributed by atoms with Crippen LogP contribution in [0.2, 0.25) is 0 Å². The summed E-state index contributed by atoms with van der Waals surface area (Å²) in [4.78, 5) is 5.11. The average Bonchev–Trinajstić information content (AvgIpc) is 2.66. The molecule has 2 aromatic rings. The number of hydrogen-bond donors (Lipinski definition) is 1. The highest BCUT2D eigenvalue weighted by molar-refractivity contribution is 7.13. The zero-order valence-electron chi connectivity index (χ0n) is 7.90. The van der Waals surface area contributed by atoms with E-state index in [4.69, 9.17) is 0 Å². The van der Waals surface area contributed by atoms with Gasteiger partial charge in [-0.1, -0.05) is 6.92 Å². The van der Waals surface area contributed by atoms with Crippen LogP contribution in [0.5, 0.6) is 5.75 Å². The van der Waals surface area contributed by atoms with Gasteiger partial charge in [0.25, 0.3) is 0 Å². The summed E-state index contributed by atoms with van der Waals surface area (Å²) in [5, 5.41) is 11.4. The SMILES string of the molecule is CCc1csc(-c2cncc(O)c2)c1. The minimum atomic E-state index is 0.217. The molecule has 2 heterocycles. The van der Waals surface area contributed by atoms with E-state index in [-0.39, 0.29) is 5.75 Å². The summed E-state index contributed by atoms with van der Waals surface area (Å²) in [5.74, 6) is 0.217. The van der Waals surface area contributed by atoms with Crippen LogP contribution >= 0.6 is 11.3 Å². The molecular formula is C11H11NOS. The van der Waals surface area contributed by atoms with Crippen molar-refractivity contribution in [3.8, 4) is 16.2 Å². The Kier molecular flexibility index (Phi) is 2.50. The minimum Gasteiger partial charge on any atom is -0.506 e. The molecule has 14 heavy (non-hydrogen) atoms. The normalized spacial score (nSPS) is 10.4. The van der Waals surface area contributed by atoms with Gasteiger partial charge in [-0.3, -0.25) is 4.98 Å². The molecule has 0 aliphatic carbocycles. The van der Waals surface area contributed by atoms with E-state index < -0.39 is 0 Å². The zero-order chi connectivity index (χ0) is 9.97. The van der Waals surface area contributed by atoms with Crippen molar-refractivity contribution in [3.05, 3.63) is 35.5 Å². The molecule has 0 bridgehead atoms. The van der Waals surface area contributed by atoms with Crippen LogP contribution in [0.25, 0.3) is 10.4 Å². The molecule has 0 unspecified atom stereocenters. The summed E-state index contributed by atoms with van der Waals surface area (Å²) in [6, 6.07) is 3.87. The van der Waals surface area contributed by atoms with Gasteiger partial charge < -0.3 is 5.11 Å². The van der Waals surface area contributed by atoms with Gasteiger partial charge in [-0.15, -0.1) is 11.3 Å². The Balaban J connectivity index is 2.39. The van der Waals surface area contributed by atoms with Crippen LogP contribution in [-0.2, 0) is 6.42 Å². The molecule has 2 nitrogen and oxygen atoms in total. The molecule has 0 spiro atoms. The van der Waals surface area contributed by atoms with Gasteiger partial charge in [0, 0.05) is 16.6 Å². The topological polar surface area (TPSA) is 33.1 Å². The maximum absolute atomic E-state index is 9.28. The first kappa shape index (κ1) is 9.21. The third-order valence-electron chi connectivity index (χ3n) is 2.07. The van der Waals surface area contributed by atoms with Crippen molar-refractivity contribution in [2.24, 2.45) is 0 Å². The Morgan fingerprint density at radius 2 is 2.21 bits per heavy atom. The van der Waals surface area contributed by atoms with E-state index in [2.05, 4.69) is 23.4 Å². The Morgan fingerprint density at radius 1 is 1.36 bits per heavy atom. The van der Waals surface area contributed by atoms with Crippen molar-refractivity contribution in [1.82, 2.24) is 4.98 Å². The molecule has 2 rings (SSSR count). The lowest BCUT2D eigenvalue weighted by Crippen LogP contribution is -1.76. The smallest absolute Gasteiger partial charge is 0.134 e. The Hall–Kier alpha value is -1.35. The van der Waals surface area contributed by atoms with Crippen LogP contribution in [0.15, 0.2) is 29.9 Å². The van der Waals surface area contributed by atoms with E-state index >= 15 is 0 Å². The van der Waals surface area contributed by atoms with E-state index in [9.17, 15) is 5.11 Å². The third-order valence-corrected chi connectivity index (χ3v) is 3.10. The maximum atomic E-state index is 9.28. The summed E-state index contributed by atoms with van der Waals surface area (Å²) in [6.07, 6.45) is 4.26. The molecule has 0 saturated heterocycles. The highest BCUT2D eigenvalue weighted by Gasteiger charge is 2.02. The van der Waals surface area contributed by atoms with E-state index in [0.29, 0.717) is 0 Å². The number of nitrogens with zero attached hydrogens (tertiary/aromatic N) is 1. The maximum Gasteiger partial charge on any atom is 0.134 e. The molecule has 3 heteroatoms. The monoisotopic (exact) mass is 205 g/mol.